The van der Waals surface area contributed by atoms with Crippen LogP contribution in [0, 0.1) is 0 Å². The summed E-state index contributed by atoms with van der Waals surface area (Å²) in [5.41, 5.74) is 0.600. The van der Waals surface area contributed by atoms with Gasteiger partial charge >= 0.3 is 11.9 Å². The topological polar surface area (TPSA) is 82.1 Å². The van der Waals surface area contributed by atoms with Gasteiger partial charge in [-0.25, -0.2) is 9.59 Å². The van der Waals surface area contributed by atoms with E-state index in [9.17, 15) is 14.4 Å². The normalized spacial score (nSPS) is 22.9. The first-order chi connectivity index (χ1) is 15.5. The fourth-order valence-electron chi connectivity index (χ4n) is 4.52. The number of ketones is 1. The molecule has 0 aromatic heterocycles. The molecule has 1 aliphatic carbocycles. The van der Waals surface area contributed by atoms with E-state index in [1.807, 2.05) is 42.5 Å². The third-order valence-corrected chi connectivity index (χ3v) is 5.93. The standard InChI is InChI=1S/C25H19NO6/c1-30-23(28)20-21(24(29)31-2)26-14-13-15-7-3-5-9-17(15)22(26)32-25(20)18-10-6-4-8-16(18)11-12-19(25)27/h3-14,22H,1-2H3/t22-,25?/m1/s1. The highest BCUT2D eigenvalue weighted by molar-refractivity contribution is 6.14. The number of hydrogen-bond acceptors (Lipinski definition) is 7. The zero-order chi connectivity index (χ0) is 22.5. The Morgan fingerprint density at radius 2 is 1.59 bits per heavy atom. The lowest BCUT2D eigenvalue weighted by Gasteiger charge is -2.48. The molecule has 0 saturated carbocycles. The molecule has 0 amide bonds. The fraction of sp³-hybridized carbons (Fsp3) is 0.160. The Labute approximate surface area is 184 Å². The highest BCUT2D eigenvalue weighted by Gasteiger charge is 2.58. The van der Waals surface area contributed by atoms with Gasteiger partial charge in [0.2, 0.25) is 0 Å². The zero-order valence-corrected chi connectivity index (χ0v) is 17.4. The first-order valence-corrected chi connectivity index (χ1v) is 9.99. The number of rotatable bonds is 2. The molecule has 0 saturated heterocycles. The number of benzene rings is 2. The summed E-state index contributed by atoms with van der Waals surface area (Å²) in [6.45, 7) is 0. The Hall–Kier alpha value is -3.97. The van der Waals surface area contributed by atoms with Crippen LogP contribution >= 0.6 is 0 Å². The molecular weight excluding hydrogens is 410 g/mol. The molecule has 0 N–H and O–H groups in total. The van der Waals surface area contributed by atoms with E-state index in [2.05, 4.69) is 0 Å². The zero-order valence-electron chi connectivity index (χ0n) is 17.4. The monoisotopic (exact) mass is 429 g/mol. The van der Waals surface area contributed by atoms with Gasteiger partial charge in [0.25, 0.3) is 0 Å². The summed E-state index contributed by atoms with van der Waals surface area (Å²) in [7, 11) is 2.42. The van der Waals surface area contributed by atoms with Crippen molar-refractivity contribution in [3.05, 3.63) is 94.3 Å². The van der Waals surface area contributed by atoms with E-state index in [1.165, 1.54) is 25.2 Å². The molecule has 3 aliphatic rings. The molecule has 2 atom stereocenters. The average Bonchev–Trinajstić information content (AvgIpc) is 2.84. The van der Waals surface area contributed by atoms with Crippen molar-refractivity contribution in [3.63, 3.8) is 0 Å². The minimum absolute atomic E-state index is 0.0974. The smallest absolute Gasteiger partial charge is 0.355 e. The maximum Gasteiger partial charge on any atom is 0.355 e. The van der Waals surface area contributed by atoms with Crippen molar-refractivity contribution in [3.8, 4) is 0 Å². The maximum atomic E-state index is 13.6. The van der Waals surface area contributed by atoms with Crippen LogP contribution in [0.4, 0.5) is 0 Å². The van der Waals surface area contributed by atoms with Crippen molar-refractivity contribution >= 4 is 29.9 Å². The quantitative estimate of drug-likeness (QED) is 0.679. The second-order valence-electron chi connectivity index (χ2n) is 7.49. The molecule has 0 radical (unpaired) electrons. The van der Waals surface area contributed by atoms with Gasteiger partial charge in [-0.1, -0.05) is 54.6 Å². The summed E-state index contributed by atoms with van der Waals surface area (Å²) in [4.78, 5) is 41.3. The molecule has 160 valence electrons. The van der Waals surface area contributed by atoms with Crippen molar-refractivity contribution in [1.82, 2.24) is 4.90 Å². The van der Waals surface area contributed by atoms with Crippen LogP contribution in [-0.2, 0) is 34.2 Å². The van der Waals surface area contributed by atoms with Gasteiger partial charge in [-0.05, 0) is 23.3 Å². The molecule has 1 spiro atoms. The summed E-state index contributed by atoms with van der Waals surface area (Å²) in [5.74, 6) is -2.11. The molecular formula is C25H19NO6. The second-order valence-corrected chi connectivity index (χ2v) is 7.49. The molecule has 2 aliphatic heterocycles. The summed E-state index contributed by atoms with van der Waals surface area (Å²) in [6, 6.07) is 14.6. The number of carbonyl (C=O) groups is 3. The number of nitrogens with zero attached hydrogens (tertiary/aromatic N) is 1. The van der Waals surface area contributed by atoms with Crippen LogP contribution in [0.2, 0.25) is 0 Å². The van der Waals surface area contributed by atoms with Crippen molar-refractivity contribution in [2.45, 2.75) is 11.8 Å². The number of ether oxygens (including phenoxy) is 3. The average molecular weight is 429 g/mol. The van der Waals surface area contributed by atoms with E-state index in [0.29, 0.717) is 11.1 Å². The summed E-state index contributed by atoms with van der Waals surface area (Å²) in [5, 5.41) is 0. The molecule has 0 bridgehead atoms. The van der Waals surface area contributed by atoms with E-state index >= 15 is 0 Å². The van der Waals surface area contributed by atoms with E-state index in [4.69, 9.17) is 14.2 Å². The van der Waals surface area contributed by atoms with Gasteiger partial charge in [-0.15, -0.1) is 0 Å². The van der Waals surface area contributed by atoms with Gasteiger partial charge in [0.1, 0.15) is 11.3 Å². The summed E-state index contributed by atoms with van der Waals surface area (Å²) < 4.78 is 16.6. The van der Waals surface area contributed by atoms with Crippen LogP contribution < -0.4 is 0 Å². The predicted molar refractivity (Wildman–Crippen MR) is 114 cm³/mol. The van der Waals surface area contributed by atoms with Crippen LogP contribution in [0.1, 0.15) is 28.5 Å². The minimum atomic E-state index is -1.87. The molecule has 7 heteroatoms. The third-order valence-electron chi connectivity index (χ3n) is 5.93. The first kappa shape index (κ1) is 20.0. The van der Waals surface area contributed by atoms with Crippen LogP contribution in [0.5, 0.6) is 0 Å². The van der Waals surface area contributed by atoms with E-state index < -0.39 is 29.6 Å². The SMILES string of the molecule is COC(=O)C1=C(C(=O)OC)C2(O[C@@H]3c4ccccc4C=CN13)C(=O)C=Cc1ccccc12. The lowest BCUT2D eigenvalue weighted by atomic mass is 9.74. The first-order valence-electron chi connectivity index (χ1n) is 9.99. The summed E-state index contributed by atoms with van der Waals surface area (Å²) >= 11 is 0. The van der Waals surface area contributed by atoms with Gasteiger partial charge in [-0.2, -0.15) is 0 Å². The van der Waals surface area contributed by atoms with E-state index in [1.54, 1.807) is 24.4 Å². The van der Waals surface area contributed by atoms with Gasteiger partial charge in [0, 0.05) is 17.3 Å². The minimum Gasteiger partial charge on any atom is -0.465 e. The number of fused-ring (bicyclic) bond motifs is 5. The van der Waals surface area contributed by atoms with Gasteiger partial charge in [0.05, 0.1) is 14.2 Å². The molecule has 5 rings (SSSR count). The predicted octanol–water partition coefficient (Wildman–Crippen LogP) is 3.09. The van der Waals surface area contributed by atoms with Crippen molar-refractivity contribution in [2.24, 2.45) is 0 Å². The third kappa shape index (κ3) is 2.61. The Bertz CT molecular complexity index is 1260. The molecule has 1 unspecified atom stereocenters. The lowest BCUT2D eigenvalue weighted by molar-refractivity contribution is -0.176. The highest BCUT2D eigenvalue weighted by Crippen LogP contribution is 2.52. The van der Waals surface area contributed by atoms with Crippen molar-refractivity contribution < 1.29 is 28.6 Å². The number of esters is 2. The van der Waals surface area contributed by atoms with Crippen molar-refractivity contribution in [2.75, 3.05) is 14.2 Å². The van der Waals surface area contributed by atoms with Crippen LogP contribution in [-0.4, -0.2) is 36.8 Å². The molecule has 0 fully saturated rings. The Kier molecular flexibility index (Phi) is 4.56. The molecule has 7 nitrogen and oxygen atoms in total. The van der Waals surface area contributed by atoms with Crippen LogP contribution in [0.25, 0.3) is 12.2 Å². The van der Waals surface area contributed by atoms with Gasteiger partial charge in [-0.3, -0.25) is 4.79 Å². The Morgan fingerprint density at radius 1 is 0.906 bits per heavy atom. The van der Waals surface area contributed by atoms with Crippen molar-refractivity contribution in [1.29, 1.82) is 0 Å². The molecule has 2 aromatic carbocycles. The number of carbonyl (C=O) groups excluding carboxylic acids is 3. The number of hydrogen-bond donors (Lipinski definition) is 0. The van der Waals surface area contributed by atoms with Gasteiger partial charge in [0.15, 0.2) is 17.6 Å². The molecule has 32 heavy (non-hydrogen) atoms. The van der Waals surface area contributed by atoms with Crippen LogP contribution in [0.15, 0.2) is 72.1 Å². The Balaban J connectivity index is 1.89. The van der Waals surface area contributed by atoms with Gasteiger partial charge < -0.3 is 19.1 Å². The Morgan fingerprint density at radius 3 is 2.34 bits per heavy atom. The number of methoxy groups -OCH3 is 2. The van der Waals surface area contributed by atoms with E-state index in [-0.39, 0.29) is 11.3 Å². The fourth-order valence-corrected chi connectivity index (χ4v) is 4.52. The lowest BCUT2D eigenvalue weighted by Crippen LogP contribution is -2.53. The summed E-state index contributed by atoms with van der Waals surface area (Å²) in [6.07, 6.45) is 5.63. The van der Waals surface area contributed by atoms with Crippen LogP contribution in [0.3, 0.4) is 0 Å². The molecule has 2 heterocycles. The maximum absolute atomic E-state index is 13.6. The second kappa shape index (κ2) is 7.32. The molecule has 2 aromatic rings. The largest absolute Gasteiger partial charge is 0.465 e. The highest BCUT2D eigenvalue weighted by atomic mass is 16.6. The van der Waals surface area contributed by atoms with E-state index in [0.717, 1.165) is 11.1 Å².